The standard InChI is InChI=1S/C23H32N4OS.HI/c1-24-23(25-16-19-11-14-28-22(19)18-8-3-2-4-9-18)26-17-20(21-10-7-15-29-21)27-12-5-6-13-27;/h2-4,7-10,15,19-20,22H,5-6,11-14,16-17H2,1H3,(H2,24,25,26);1H. The highest BCUT2D eigenvalue weighted by molar-refractivity contribution is 14.0. The predicted molar refractivity (Wildman–Crippen MR) is 136 cm³/mol. The number of aliphatic imine (C=N–C) groups is 1. The van der Waals surface area contributed by atoms with Crippen molar-refractivity contribution in [2.75, 3.05) is 39.8 Å². The maximum absolute atomic E-state index is 6.03. The van der Waals surface area contributed by atoms with Gasteiger partial charge in [-0.2, -0.15) is 0 Å². The average molecular weight is 541 g/mol. The van der Waals surface area contributed by atoms with Crippen LogP contribution >= 0.6 is 35.3 Å². The van der Waals surface area contributed by atoms with Crippen LogP contribution in [-0.2, 0) is 4.74 Å². The van der Waals surface area contributed by atoms with Crippen LogP contribution in [0, 0.1) is 5.92 Å². The summed E-state index contributed by atoms with van der Waals surface area (Å²) in [5.41, 5.74) is 1.27. The molecule has 2 saturated heterocycles. The molecular formula is C23H33IN4OS. The minimum Gasteiger partial charge on any atom is -0.373 e. The Balaban J connectivity index is 0.00000256. The predicted octanol–water partition coefficient (Wildman–Crippen LogP) is 4.45. The average Bonchev–Trinajstić information content (AvgIpc) is 3.54. The van der Waals surface area contributed by atoms with E-state index in [4.69, 9.17) is 4.74 Å². The summed E-state index contributed by atoms with van der Waals surface area (Å²) < 4.78 is 6.03. The van der Waals surface area contributed by atoms with Crippen molar-refractivity contribution in [3.63, 3.8) is 0 Å². The molecule has 0 bridgehead atoms. The summed E-state index contributed by atoms with van der Waals surface area (Å²) in [6.45, 7) is 4.95. The molecule has 2 aliphatic rings. The molecule has 0 spiro atoms. The number of hydrogen-bond donors (Lipinski definition) is 2. The van der Waals surface area contributed by atoms with E-state index in [1.165, 1.54) is 36.4 Å². The lowest BCUT2D eigenvalue weighted by molar-refractivity contribution is 0.0915. The van der Waals surface area contributed by atoms with Gasteiger partial charge in [0, 0.05) is 37.5 Å². The zero-order valence-corrected chi connectivity index (χ0v) is 20.8. The van der Waals surface area contributed by atoms with Gasteiger partial charge in [0.25, 0.3) is 0 Å². The highest BCUT2D eigenvalue weighted by Gasteiger charge is 2.30. The van der Waals surface area contributed by atoms with Crippen LogP contribution in [0.2, 0.25) is 0 Å². The van der Waals surface area contributed by atoms with Crippen molar-refractivity contribution < 1.29 is 4.74 Å². The van der Waals surface area contributed by atoms with Crippen LogP contribution in [0.1, 0.15) is 41.8 Å². The van der Waals surface area contributed by atoms with Crippen molar-refractivity contribution in [2.24, 2.45) is 10.9 Å². The van der Waals surface area contributed by atoms with E-state index in [2.05, 4.69) is 68.4 Å². The molecule has 3 heterocycles. The maximum Gasteiger partial charge on any atom is 0.191 e. The number of likely N-dealkylation sites (tertiary alicyclic amines) is 1. The Morgan fingerprint density at radius 3 is 2.67 bits per heavy atom. The third-order valence-electron chi connectivity index (χ3n) is 6.01. The first kappa shape index (κ1) is 23.5. The monoisotopic (exact) mass is 540 g/mol. The summed E-state index contributed by atoms with van der Waals surface area (Å²) in [5, 5.41) is 9.30. The smallest absolute Gasteiger partial charge is 0.191 e. The van der Waals surface area contributed by atoms with Crippen LogP contribution < -0.4 is 10.6 Å². The van der Waals surface area contributed by atoms with Gasteiger partial charge in [-0.1, -0.05) is 36.4 Å². The molecule has 7 heteroatoms. The number of rotatable bonds is 7. The minimum absolute atomic E-state index is 0. The van der Waals surface area contributed by atoms with Gasteiger partial charge < -0.3 is 15.4 Å². The second-order valence-corrected chi connectivity index (χ2v) is 8.84. The highest BCUT2D eigenvalue weighted by Crippen LogP contribution is 2.34. The van der Waals surface area contributed by atoms with Crippen LogP contribution in [0.25, 0.3) is 0 Å². The van der Waals surface area contributed by atoms with Crippen LogP contribution in [0.15, 0.2) is 52.8 Å². The number of thiophene rings is 1. The number of nitrogens with zero attached hydrogens (tertiary/aromatic N) is 2. The zero-order chi connectivity index (χ0) is 19.9. The van der Waals surface area contributed by atoms with Gasteiger partial charge in [0.05, 0.1) is 12.1 Å². The van der Waals surface area contributed by atoms with Crippen LogP contribution in [-0.4, -0.2) is 50.7 Å². The Labute approximate surface area is 201 Å². The van der Waals surface area contributed by atoms with Gasteiger partial charge in [0.2, 0.25) is 0 Å². The van der Waals surface area contributed by atoms with E-state index in [1.54, 1.807) is 0 Å². The number of nitrogens with one attached hydrogen (secondary N) is 2. The topological polar surface area (TPSA) is 48.9 Å². The molecule has 30 heavy (non-hydrogen) atoms. The molecule has 1 aromatic carbocycles. The molecule has 164 valence electrons. The van der Waals surface area contributed by atoms with Gasteiger partial charge in [-0.05, 0) is 49.4 Å². The molecule has 0 radical (unpaired) electrons. The van der Waals surface area contributed by atoms with Crippen molar-refractivity contribution in [3.05, 3.63) is 58.3 Å². The number of benzene rings is 1. The van der Waals surface area contributed by atoms with Gasteiger partial charge in [-0.15, -0.1) is 35.3 Å². The maximum atomic E-state index is 6.03. The Hall–Kier alpha value is -1.16. The van der Waals surface area contributed by atoms with Crippen molar-refractivity contribution in [3.8, 4) is 0 Å². The van der Waals surface area contributed by atoms with E-state index >= 15 is 0 Å². The summed E-state index contributed by atoms with van der Waals surface area (Å²) in [7, 11) is 1.85. The van der Waals surface area contributed by atoms with E-state index in [0.29, 0.717) is 12.0 Å². The molecule has 0 aliphatic carbocycles. The molecule has 5 nitrogen and oxygen atoms in total. The van der Waals surface area contributed by atoms with Crippen molar-refractivity contribution in [1.29, 1.82) is 0 Å². The number of ether oxygens (including phenoxy) is 1. The van der Waals surface area contributed by atoms with Gasteiger partial charge >= 0.3 is 0 Å². The summed E-state index contributed by atoms with van der Waals surface area (Å²) >= 11 is 1.85. The first-order valence-electron chi connectivity index (χ1n) is 10.7. The van der Waals surface area contributed by atoms with E-state index in [9.17, 15) is 0 Å². The third-order valence-corrected chi connectivity index (χ3v) is 6.99. The van der Waals surface area contributed by atoms with Gasteiger partial charge in [0.1, 0.15) is 0 Å². The first-order valence-corrected chi connectivity index (χ1v) is 11.6. The van der Waals surface area contributed by atoms with E-state index in [0.717, 1.165) is 32.1 Å². The summed E-state index contributed by atoms with van der Waals surface area (Å²) in [6, 6.07) is 15.4. The van der Waals surface area contributed by atoms with Gasteiger partial charge in [-0.25, -0.2) is 0 Å². The fraction of sp³-hybridized carbons (Fsp3) is 0.522. The molecule has 2 aromatic rings. The van der Waals surface area contributed by atoms with E-state index in [1.807, 2.05) is 18.4 Å². The van der Waals surface area contributed by atoms with Crippen LogP contribution in [0.5, 0.6) is 0 Å². The fourth-order valence-electron chi connectivity index (χ4n) is 4.44. The highest BCUT2D eigenvalue weighted by atomic mass is 127. The largest absolute Gasteiger partial charge is 0.373 e. The van der Waals surface area contributed by atoms with E-state index in [-0.39, 0.29) is 30.1 Å². The quantitative estimate of drug-likeness (QED) is 0.310. The fourth-order valence-corrected chi connectivity index (χ4v) is 5.30. The molecule has 2 fully saturated rings. The lowest BCUT2D eigenvalue weighted by Crippen LogP contribution is -2.44. The molecule has 3 atom stereocenters. The lowest BCUT2D eigenvalue weighted by Gasteiger charge is -2.28. The number of guanidine groups is 1. The molecule has 4 rings (SSSR count). The Kier molecular flexibility index (Phi) is 9.42. The molecule has 3 unspecified atom stereocenters. The normalized spacial score (nSPS) is 23.2. The van der Waals surface area contributed by atoms with Crippen molar-refractivity contribution in [2.45, 2.75) is 31.4 Å². The molecular weight excluding hydrogens is 507 g/mol. The number of hydrogen-bond acceptors (Lipinski definition) is 4. The molecule has 0 saturated carbocycles. The zero-order valence-electron chi connectivity index (χ0n) is 17.6. The minimum atomic E-state index is 0. The van der Waals surface area contributed by atoms with Crippen molar-refractivity contribution in [1.82, 2.24) is 15.5 Å². The third kappa shape index (κ3) is 5.96. The Morgan fingerprint density at radius 1 is 1.17 bits per heavy atom. The lowest BCUT2D eigenvalue weighted by atomic mass is 9.95. The van der Waals surface area contributed by atoms with Gasteiger partial charge in [-0.3, -0.25) is 9.89 Å². The van der Waals surface area contributed by atoms with Crippen LogP contribution in [0.4, 0.5) is 0 Å². The second kappa shape index (κ2) is 12.0. The van der Waals surface area contributed by atoms with Crippen LogP contribution in [0.3, 0.4) is 0 Å². The summed E-state index contributed by atoms with van der Waals surface area (Å²) in [6.07, 6.45) is 3.86. The molecule has 2 N–H and O–H groups in total. The van der Waals surface area contributed by atoms with E-state index < -0.39 is 0 Å². The SMILES string of the molecule is CN=C(NCC1CCOC1c1ccccc1)NCC(c1cccs1)N1CCCC1.I. The van der Waals surface area contributed by atoms with Crippen molar-refractivity contribution >= 4 is 41.3 Å². The Morgan fingerprint density at radius 2 is 1.97 bits per heavy atom. The molecule has 0 amide bonds. The van der Waals surface area contributed by atoms with Gasteiger partial charge in [0.15, 0.2) is 5.96 Å². The summed E-state index contributed by atoms with van der Waals surface area (Å²) in [5.74, 6) is 1.34. The molecule has 2 aliphatic heterocycles. The second-order valence-electron chi connectivity index (χ2n) is 7.86. The molecule has 1 aromatic heterocycles. The summed E-state index contributed by atoms with van der Waals surface area (Å²) in [4.78, 5) is 8.50. The first-order chi connectivity index (χ1) is 14.3. The number of halogens is 1. The Bertz CT molecular complexity index is 765.